The molecule has 0 aliphatic carbocycles. The van der Waals surface area contributed by atoms with Gasteiger partial charge in [-0.2, -0.15) is 0 Å². The van der Waals surface area contributed by atoms with Gasteiger partial charge < -0.3 is 9.84 Å². The van der Waals surface area contributed by atoms with Gasteiger partial charge in [0, 0.05) is 32.2 Å². The molecule has 3 rings (SSSR count). The minimum atomic E-state index is -1.39. The van der Waals surface area contributed by atoms with Crippen molar-refractivity contribution in [2.24, 2.45) is 0 Å². The summed E-state index contributed by atoms with van der Waals surface area (Å²) in [6.45, 7) is 1.28. The van der Waals surface area contributed by atoms with Crippen LogP contribution >= 0.6 is 22.7 Å². The van der Waals surface area contributed by atoms with Gasteiger partial charge in [-0.25, -0.2) is 13.6 Å². The summed E-state index contributed by atoms with van der Waals surface area (Å²) in [5, 5.41) is 14.3. The fourth-order valence-corrected chi connectivity index (χ4v) is 4.39. The topological polar surface area (TPSA) is 66.6 Å². The Morgan fingerprint density at radius 3 is 2.59 bits per heavy atom. The molecule has 2 aromatic heterocycles. The number of aromatic carboxylic acids is 1. The van der Waals surface area contributed by atoms with Crippen molar-refractivity contribution >= 4 is 33.6 Å². The van der Waals surface area contributed by atoms with E-state index < -0.39 is 17.6 Å². The lowest BCUT2D eigenvalue weighted by molar-refractivity contribution is -0.476. The number of methoxy groups -OCH3 is 1. The van der Waals surface area contributed by atoms with Crippen LogP contribution < -0.4 is 4.74 Å². The van der Waals surface area contributed by atoms with E-state index in [-0.39, 0.29) is 33.8 Å². The fourth-order valence-electron chi connectivity index (χ4n) is 2.62. The largest absolute Gasteiger partial charge is 0.495 e. The van der Waals surface area contributed by atoms with E-state index in [0.717, 1.165) is 11.3 Å². The highest BCUT2D eigenvalue weighted by Crippen LogP contribution is 2.40. The van der Waals surface area contributed by atoms with Crippen LogP contribution in [0.4, 0.5) is 13.8 Å². The molecule has 3 aromatic rings. The molecule has 0 bridgehead atoms. The van der Waals surface area contributed by atoms with Crippen molar-refractivity contribution < 1.29 is 28.2 Å². The Morgan fingerprint density at radius 2 is 1.93 bits per heavy atom. The molecule has 0 atom stereocenters. The van der Waals surface area contributed by atoms with E-state index in [9.17, 15) is 23.6 Å². The molecule has 0 radical (unpaired) electrons. The molecule has 0 aliphatic heterocycles. The van der Waals surface area contributed by atoms with Gasteiger partial charge in [-0.05, 0) is 12.5 Å². The van der Waals surface area contributed by atoms with Gasteiger partial charge in [0.2, 0.25) is 6.54 Å². The standard InChI is InChI=1S/C18H13F2NO4S2/c1-9-3-4-11(16(20)15(9)19)12-7-27-17(14(12)18(22)23)21(24)5-10-6-26-8-13(10)25-2/h3-4,6-8H,5H2,1-2H3/p+1. The molecule has 0 amide bonds. The minimum Gasteiger partial charge on any atom is -0.495 e. The predicted molar refractivity (Wildman–Crippen MR) is 99.2 cm³/mol. The third-order valence-corrected chi connectivity index (χ3v) is 5.77. The van der Waals surface area contributed by atoms with Crippen LogP contribution in [0.2, 0.25) is 0 Å². The summed E-state index contributed by atoms with van der Waals surface area (Å²) in [6, 6.07) is 2.67. The second-order valence-electron chi connectivity index (χ2n) is 5.69. The Kier molecular flexibility index (Phi) is 5.33. The summed E-state index contributed by atoms with van der Waals surface area (Å²) in [4.78, 5) is 24.4. The zero-order chi connectivity index (χ0) is 19.7. The van der Waals surface area contributed by atoms with Gasteiger partial charge in [0.1, 0.15) is 5.75 Å². The summed E-state index contributed by atoms with van der Waals surface area (Å²) < 4.78 is 33.9. The normalized spacial score (nSPS) is 10.8. The summed E-state index contributed by atoms with van der Waals surface area (Å²) in [5.74, 6) is -3.04. The van der Waals surface area contributed by atoms with Gasteiger partial charge in [-0.15, -0.1) is 11.3 Å². The third kappa shape index (κ3) is 3.47. The van der Waals surface area contributed by atoms with E-state index >= 15 is 0 Å². The number of carbonyl (C=O) groups is 1. The van der Waals surface area contributed by atoms with Crippen LogP contribution in [0.25, 0.3) is 11.1 Å². The number of ether oxygens (including phenoxy) is 1. The Morgan fingerprint density at radius 1 is 1.19 bits per heavy atom. The van der Waals surface area contributed by atoms with E-state index in [2.05, 4.69) is 0 Å². The second kappa shape index (κ2) is 7.53. The number of thiophene rings is 2. The molecule has 9 heteroatoms. The number of hydrogen-bond donors (Lipinski definition) is 1. The van der Waals surface area contributed by atoms with Gasteiger partial charge in [0.05, 0.1) is 17.4 Å². The molecule has 140 valence electrons. The molecule has 0 fully saturated rings. The van der Waals surface area contributed by atoms with E-state index in [1.54, 1.807) is 10.8 Å². The van der Waals surface area contributed by atoms with Crippen molar-refractivity contribution in [3.05, 3.63) is 61.5 Å². The first-order chi connectivity index (χ1) is 12.8. The number of rotatable bonds is 6. The monoisotopic (exact) mass is 410 g/mol. The van der Waals surface area contributed by atoms with Crippen LogP contribution in [0.15, 0.2) is 28.3 Å². The maximum absolute atomic E-state index is 14.3. The van der Waals surface area contributed by atoms with Gasteiger partial charge in [0.15, 0.2) is 17.2 Å². The Hall–Kier alpha value is -2.65. The van der Waals surface area contributed by atoms with Crippen molar-refractivity contribution in [2.75, 3.05) is 7.11 Å². The molecular formula is C18H14F2NO4S2+. The van der Waals surface area contributed by atoms with Crippen LogP contribution in [0.3, 0.4) is 0 Å². The van der Waals surface area contributed by atoms with E-state index in [4.69, 9.17) is 4.74 Å². The van der Waals surface area contributed by atoms with Crippen LogP contribution in [0.1, 0.15) is 21.5 Å². The van der Waals surface area contributed by atoms with Crippen LogP contribution in [-0.4, -0.2) is 22.9 Å². The molecular weight excluding hydrogens is 396 g/mol. The average Bonchev–Trinajstić information content (AvgIpc) is 3.26. The lowest BCUT2D eigenvalue weighted by atomic mass is 10.0. The van der Waals surface area contributed by atoms with E-state index in [1.807, 2.05) is 0 Å². The number of aryl methyl sites for hydroxylation is 1. The molecule has 0 saturated heterocycles. The van der Waals surface area contributed by atoms with Gasteiger partial charge >= 0.3 is 11.0 Å². The first-order valence-electron chi connectivity index (χ1n) is 7.68. The molecule has 1 N–H and O–H groups in total. The molecule has 27 heavy (non-hydrogen) atoms. The Labute approximate surface area is 161 Å². The van der Waals surface area contributed by atoms with Crippen molar-refractivity contribution in [3.8, 4) is 16.9 Å². The van der Waals surface area contributed by atoms with E-state index in [0.29, 0.717) is 16.1 Å². The molecule has 5 nitrogen and oxygen atoms in total. The Bertz CT molecular complexity index is 1040. The molecule has 0 unspecified atom stereocenters. The smallest absolute Gasteiger partial charge is 0.344 e. The lowest BCUT2D eigenvalue weighted by Crippen LogP contribution is -2.06. The number of benzene rings is 1. The van der Waals surface area contributed by atoms with Crippen LogP contribution in [-0.2, 0) is 6.54 Å². The van der Waals surface area contributed by atoms with E-state index in [1.165, 1.54) is 42.9 Å². The number of carboxylic acid groups (broad SMARTS) is 1. The minimum absolute atomic E-state index is 0.0305. The number of nitrogens with zero attached hydrogens (tertiary/aromatic N) is 1. The number of hydrogen-bond acceptors (Lipinski definition) is 5. The maximum Gasteiger partial charge on any atom is 0.344 e. The highest BCUT2D eigenvalue weighted by molar-refractivity contribution is 7.14. The third-order valence-electron chi connectivity index (χ3n) is 4.01. The molecule has 0 aliphatic rings. The van der Waals surface area contributed by atoms with Gasteiger partial charge in [-0.1, -0.05) is 23.5 Å². The highest BCUT2D eigenvalue weighted by atomic mass is 32.1. The van der Waals surface area contributed by atoms with Crippen molar-refractivity contribution in [2.45, 2.75) is 13.5 Å². The summed E-state index contributed by atoms with van der Waals surface area (Å²) in [5.41, 5.74) is 0.137. The summed E-state index contributed by atoms with van der Waals surface area (Å²) >= 11 is 2.22. The van der Waals surface area contributed by atoms with Crippen LogP contribution in [0, 0.1) is 23.5 Å². The molecule has 0 saturated carbocycles. The maximum atomic E-state index is 14.3. The lowest BCUT2D eigenvalue weighted by Gasteiger charge is -2.05. The number of carboxylic acids is 1. The average molecular weight is 410 g/mol. The fraction of sp³-hybridized carbons (Fsp3) is 0.167. The zero-order valence-corrected chi connectivity index (χ0v) is 15.9. The van der Waals surface area contributed by atoms with Crippen molar-refractivity contribution in [1.29, 1.82) is 0 Å². The predicted octanol–water partition coefficient (Wildman–Crippen LogP) is 5.38. The van der Waals surface area contributed by atoms with Gasteiger partial charge in [-0.3, -0.25) is 0 Å². The highest BCUT2D eigenvalue weighted by Gasteiger charge is 2.32. The van der Waals surface area contributed by atoms with Gasteiger partial charge in [0.25, 0.3) is 0 Å². The molecule has 1 aromatic carbocycles. The van der Waals surface area contributed by atoms with Crippen molar-refractivity contribution in [3.63, 3.8) is 0 Å². The quantitative estimate of drug-likeness (QED) is 0.554. The first-order valence-corrected chi connectivity index (χ1v) is 9.50. The second-order valence-corrected chi connectivity index (χ2v) is 7.30. The summed E-state index contributed by atoms with van der Waals surface area (Å²) in [6.07, 6.45) is 0. The molecule has 2 heterocycles. The zero-order valence-electron chi connectivity index (χ0n) is 14.3. The molecule has 0 spiro atoms. The van der Waals surface area contributed by atoms with Crippen LogP contribution in [0.5, 0.6) is 5.75 Å². The summed E-state index contributed by atoms with van der Waals surface area (Å²) in [7, 11) is 1.47. The Balaban J connectivity index is 2.05. The first kappa shape index (κ1) is 19.1. The number of nitroso groups, excluding NO2 is 1. The SMILES string of the molecule is COc1cscc1C[N+](=O)c1scc(-c2ccc(C)c(F)c2F)c1C(=O)O. The number of halogens is 2. The van der Waals surface area contributed by atoms with Crippen molar-refractivity contribution in [1.82, 2.24) is 0 Å².